The second-order valence-corrected chi connectivity index (χ2v) is 4.52. The molecule has 0 bridgehead atoms. The van der Waals surface area contributed by atoms with Crippen LogP contribution < -0.4 is 5.73 Å². The lowest BCUT2D eigenvalue weighted by atomic mass is 10.0. The SMILES string of the molecule is Nc1onc(-c2ccc(F)cn2)c1-c1ccccc1Cl. The van der Waals surface area contributed by atoms with Crippen molar-refractivity contribution in [3.8, 4) is 22.5 Å². The van der Waals surface area contributed by atoms with E-state index >= 15 is 0 Å². The van der Waals surface area contributed by atoms with E-state index < -0.39 is 5.82 Å². The zero-order valence-corrected chi connectivity index (χ0v) is 10.9. The van der Waals surface area contributed by atoms with E-state index in [1.165, 1.54) is 12.1 Å². The molecule has 0 aliphatic heterocycles. The van der Waals surface area contributed by atoms with Gasteiger partial charge in [-0.25, -0.2) is 4.39 Å². The molecule has 0 amide bonds. The summed E-state index contributed by atoms with van der Waals surface area (Å²) < 4.78 is 18.0. The van der Waals surface area contributed by atoms with Crippen molar-refractivity contribution in [2.75, 3.05) is 5.73 Å². The Morgan fingerprint density at radius 2 is 1.95 bits per heavy atom. The van der Waals surface area contributed by atoms with Crippen LogP contribution >= 0.6 is 11.6 Å². The normalized spacial score (nSPS) is 10.7. The van der Waals surface area contributed by atoms with Crippen LogP contribution in [0.25, 0.3) is 22.5 Å². The summed E-state index contributed by atoms with van der Waals surface area (Å²) in [5.74, 6) is -0.288. The van der Waals surface area contributed by atoms with Gasteiger partial charge >= 0.3 is 0 Å². The molecule has 0 radical (unpaired) electrons. The standard InChI is InChI=1S/C14H9ClFN3O/c15-10-4-2-1-3-9(10)12-13(19-20-14(12)17)11-6-5-8(16)7-18-11/h1-7H,17H2. The second kappa shape index (κ2) is 4.94. The predicted octanol–water partition coefficient (Wildman–Crippen LogP) is 3.78. The summed E-state index contributed by atoms with van der Waals surface area (Å²) in [6, 6.07) is 9.99. The number of nitrogen functional groups attached to an aromatic ring is 1. The molecule has 2 heterocycles. The molecule has 4 nitrogen and oxygen atoms in total. The fourth-order valence-corrected chi connectivity index (χ4v) is 2.15. The maximum atomic E-state index is 12.9. The molecule has 0 saturated heterocycles. The molecule has 2 N–H and O–H groups in total. The van der Waals surface area contributed by atoms with Gasteiger partial charge in [-0.1, -0.05) is 35.0 Å². The maximum Gasteiger partial charge on any atom is 0.230 e. The van der Waals surface area contributed by atoms with Crippen molar-refractivity contribution in [2.24, 2.45) is 0 Å². The molecule has 0 aliphatic rings. The van der Waals surface area contributed by atoms with Crippen molar-refractivity contribution >= 4 is 17.5 Å². The van der Waals surface area contributed by atoms with E-state index in [4.69, 9.17) is 21.9 Å². The molecule has 0 atom stereocenters. The summed E-state index contributed by atoms with van der Waals surface area (Å²) in [7, 11) is 0. The molecule has 100 valence electrons. The third-order valence-corrected chi connectivity index (χ3v) is 3.16. The summed E-state index contributed by atoms with van der Waals surface area (Å²) >= 11 is 6.17. The fraction of sp³-hybridized carbons (Fsp3) is 0. The first-order valence-corrected chi connectivity index (χ1v) is 6.16. The molecule has 3 aromatic rings. The minimum absolute atomic E-state index is 0.138. The lowest BCUT2D eigenvalue weighted by Gasteiger charge is -2.04. The Hall–Kier alpha value is -2.40. The Labute approximate surface area is 119 Å². The van der Waals surface area contributed by atoms with E-state index in [1.807, 2.05) is 12.1 Å². The number of rotatable bonds is 2. The molecule has 1 aromatic carbocycles. The van der Waals surface area contributed by atoms with E-state index in [-0.39, 0.29) is 5.88 Å². The van der Waals surface area contributed by atoms with E-state index in [0.29, 0.717) is 27.5 Å². The van der Waals surface area contributed by atoms with E-state index in [1.54, 1.807) is 12.1 Å². The molecular weight excluding hydrogens is 281 g/mol. The van der Waals surface area contributed by atoms with Crippen molar-refractivity contribution in [1.82, 2.24) is 10.1 Å². The van der Waals surface area contributed by atoms with E-state index in [0.717, 1.165) is 6.20 Å². The van der Waals surface area contributed by atoms with E-state index in [9.17, 15) is 4.39 Å². The Balaban J connectivity index is 2.20. The number of hydrogen-bond acceptors (Lipinski definition) is 4. The molecule has 0 spiro atoms. The van der Waals surface area contributed by atoms with Gasteiger partial charge in [-0.3, -0.25) is 4.98 Å². The van der Waals surface area contributed by atoms with Crippen molar-refractivity contribution in [3.05, 3.63) is 53.4 Å². The van der Waals surface area contributed by atoms with Gasteiger partial charge in [-0.2, -0.15) is 0 Å². The van der Waals surface area contributed by atoms with Crippen LogP contribution in [0.2, 0.25) is 5.02 Å². The summed E-state index contributed by atoms with van der Waals surface area (Å²) in [6.45, 7) is 0. The van der Waals surface area contributed by atoms with Gasteiger partial charge in [0.2, 0.25) is 5.88 Å². The number of aromatic nitrogens is 2. The Kier molecular flexibility index (Phi) is 3.12. The summed E-state index contributed by atoms with van der Waals surface area (Å²) in [5.41, 5.74) is 7.95. The van der Waals surface area contributed by atoms with E-state index in [2.05, 4.69) is 10.1 Å². The van der Waals surface area contributed by atoms with Crippen molar-refractivity contribution in [1.29, 1.82) is 0 Å². The molecule has 0 fully saturated rings. The molecule has 0 saturated carbocycles. The van der Waals surface area contributed by atoms with Crippen LogP contribution in [0.1, 0.15) is 0 Å². The van der Waals surface area contributed by atoms with Crippen LogP contribution in [0.4, 0.5) is 10.3 Å². The highest BCUT2D eigenvalue weighted by atomic mass is 35.5. The average Bonchev–Trinajstić information content (AvgIpc) is 2.82. The third kappa shape index (κ3) is 2.12. The number of pyridine rings is 1. The van der Waals surface area contributed by atoms with Gasteiger partial charge in [-0.05, 0) is 18.2 Å². The largest absolute Gasteiger partial charge is 0.367 e. The van der Waals surface area contributed by atoms with Crippen LogP contribution in [0.15, 0.2) is 47.1 Å². The number of halogens is 2. The highest BCUT2D eigenvalue weighted by Gasteiger charge is 2.20. The Morgan fingerprint density at radius 3 is 2.65 bits per heavy atom. The molecule has 20 heavy (non-hydrogen) atoms. The quantitative estimate of drug-likeness (QED) is 0.780. The number of benzene rings is 1. The molecule has 0 aliphatic carbocycles. The monoisotopic (exact) mass is 289 g/mol. The zero-order chi connectivity index (χ0) is 14.1. The smallest absolute Gasteiger partial charge is 0.230 e. The van der Waals surface area contributed by atoms with Crippen LogP contribution in [0.3, 0.4) is 0 Å². The van der Waals surface area contributed by atoms with Crippen molar-refractivity contribution in [3.63, 3.8) is 0 Å². The molecular formula is C14H9ClFN3O. The average molecular weight is 290 g/mol. The topological polar surface area (TPSA) is 64.9 Å². The first kappa shape index (κ1) is 12.6. The number of nitrogens with zero attached hydrogens (tertiary/aromatic N) is 2. The Bertz CT molecular complexity index is 755. The van der Waals surface area contributed by atoms with Crippen LogP contribution in [0, 0.1) is 5.82 Å². The molecule has 6 heteroatoms. The summed E-state index contributed by atoms with van der Waals surface area (Å²) in [6.07, 6.45) is 1.11. The summed E-state index contributed by atoms with van der Waals surface area (Å²) in [4.78, 5) is 3.98. The predicted molar refractivity (Wildman–Crippen MR) is 74.6 cm³/mol. The maximum absolute atomic E-state index is 12.9. The fourth-order valence-electron chi connectivity index (χ4n) is 1.92. The van der Waals surface area contributed by atoms with Gasteiger partial charge in [0.15, 0.2) is 0 Å². The van der Waals surface area contributed by atoms with Crippen molar-refractivity contribution < 1.29 is 8.91 Å². The van der Waals surface area contributed by atoms with Gasteiger partial charge in [0.1, 0.15) is 11.5 Å². The van der Waals surface area contributed by atoms with Crippen LogP contribution in [-0.4, -0.2) is 10.1 Å². The van der Waals surface area contributed by atoms with Crippen molar-refractivity contribution in [2.45, 2.75) is 0 Å². The summed E-state index contributed by atoms with van der Waals surface area (Å²) in [5, 5.41) is 4.41. The van der Waals surface area contributed by atoms with Gasteiger partial charge in [0, 0.05) is 10.6 Å². The highest BCUT2D eigenvalue weighted by Crippen LogP contribution is 2.38. The van der Waals surface area contributed by atoms with Crippen LogP contribution in [0.5, 0.6) is 0 Å². The lowest BCUT2D eigenvalue weighted by Crippen LogP contribution is -1.90. The zero-order valence-electron chi connectivity index (χ0n) is 10.2. The lowest BCUT2D eigenvalue weighted by molar-refractivity contribution is 0.439. The number of nitrogens with two attached hydrogens (primary N) is 1. The van der Waals surface area contributed by atoms with Crippen LogP contribution in [-0.2, 0) is 0 Å². The first-order valence-electron chi connectivity index (χ1n) is 5.79. The van der Waals surface area contributed by atoms with Gasteiger partial charge in [-0.15, -0.1) is 0 Å². The minimum atomic E-state index is -0.426. The number of hydrogen-bond donors (Lipinski definition) is 1. The minimum Gasteiger partial charge on any atom is -0.367 e. The van der Waals surface area contributed by atoms with Gasteiger partial charge in [0.05, 0.1) is 17.5 Å². The Morgan fingerprint density at radius 1 is 1.15 bits per heavy atom. The van der Waals surface area contributed by atoms with Gasteiger partial charge < -0.3 is 10.3 Å². The molecule has 3 rings (SSSR count). The second-order valence-electron chi connectivity index (χ2n) is 4.11. The van der Waals surface area contributed by atoms with Gasteiger partial charge in [0.25, 0.3) is 0 Å². The molecule has 0 unspecified atom stereocenters. The highest BCUT2D eigenvalue weighted by molar-refractivity contribution is 6.33. The third-order valence-electron chi connectivity index (χ3n) is 2.83. The molecule has 2 aromatic heterocycles. The number of anilines is 1. The first-order chi connectivity index (χ1) is 9.66.